The van der Waals surface area contributed by atoms with E-state index in [0.29, 0.717) is 17.1 Å². The van der Waals surface area contributed by atoms with E-state index in [1.54, 1.807) is 25.1 Å². The SMILES string of the molecule is COc1cccc(OC)c1C(=O)O[C@@H](C)C(=O)c1cc(C)c(C)cc1C. The zero-order chi connectivity index (χ0) is 19.4. The molecule has 0 N–H and O–H groups in total. The van der Waals surface area contributed by atoms with Crippen molar-refractivity contribution in [2.24, 2.45) is 0 Å². The number of hydrogen-bond acceptors (Lipinski definition) is 5. The molecular weight excluding hydrogens is 332 g/mol. The summed E-state index contributed by atoms with van der Waals surface area (Å²) in [5, 5.41) is 0. The van der Waals surface area contributed by atoms with Crippen LogP contribution in [0.25, 0.3) is 0 Å². The molecule has 26 heavy (non-hydrogen) atoms. The van der Waals surface area contributed by atoms with Gasteiger partial charge in [0.2, 0.25) is 5.78 Å². The molecule has 0 fully saturated rings. The summed E-state index contributed by atoms with van der Waals surface area (Å²) in [7, 11) is 2.91. The Bertz CT molecular complexity index is 816. The van der Waals surface area contributed by atoms with Crippen molar-refractivity contribution >= 4 is 11.8 Å². The molecule has 5 heteroatoms. The lowest BCUT2D eigenvalue weighted by Gasteiger charge is -2.17. The lowest BCUT2D eigenvalue weighted by atomic mass is 9.96. The first-order valence-corrected chi connectivity index (χ1v) is 8.34. The average molecular weight is 356 g/mol. The van der Waals surface area contributed by atoms with Gasteiger partial charge in [-0.25, -0.2) is 4.79 Å². The number of benzene rings is 2. The molecule has 0 spiro atoms. The number of aryl methyl sites for hydroxylation is 3. The van der Waals surface area contributed by atoms with Crippen molar-refractivity contribution in [2.45, 2.75) is 33.8 Å². The van der Waals surface area contributed by atoms with Crippen LogP contribution in [-0.2, 0) is 4.74 Å². The minimum Gasteiger partial charge on any atom is -0.496 e. The van der Waals surface area contributed by atoms with E-state index in [1.807, 2.05) is 32.9 Å². The van der Waals surface area contributed by atoms with Gasteiger partial charge in [0, 0.05) is 5.56 Å². The van der Waals surface area contributed by atoms with Crippen LogP contribution in [0.15, 0.2) is 30.3 Å². The van der Waals surface area contributed by atoms with Crippen molar-refractivity contribution in [1.82, 2.24) is 0 Å². The fourth-order valence-electron chi connectivity index (χ4n) is 2.77. The van der Waals surface area contributed by atoms with Crippen molar-refractivity contribution in [3.8, 4) is 11.5 Å². The predicted octanol–water partition coefficient (Wildman–Crippen LogP) is 4.06. The molecule has 2 aromatic rings. The van der Waals surface area contributed by atoms with Gasteiger partial charge in [-0.2, -0.15) is 0 Å². The number of methoxy groups -OCH3 is 2. The van der Waals surface area contributed by atoms with Gasteiger partial charge in [-0.05, 0) is 62.6 Å². The first-order valence-electron chi connectivity index (χ1n) is 8.34. The number of carbonyl (C=O) groups is 2. The fourth-order valence-corrected chi connectivity index (χ4v) is 2.77. The average Bonchev–Trinajstić information content (AvgIpc) is 2.63. The fraction of sp³-hybridized carbons (Fsp3) is 0.333. The molecule has 2 rings (SSSR count). The Labute approximate surface area is 153 Å². The van der Waals surface area contributed by atoms with Crippen molar-refractivity contribution < 1.29 is 23.8 Å². The van der Waals surface area contributed by atoms with Gasteiger partial charge in [-0.15, -0.1) is 0 Å². The molecular formula is C21H24O5. The Morgan fingerprint density at radius 3 is 1.96 bits per heavy atom. The van der Waals surface area contributed by atoms with E-state index < -0.39 is 12.1 Å². The van der Waals surface area contributed by atoms with Crippen LogP contribution in [0.2, 0.25) is 0 Å². The summed E-state index contributed by atoms with van der Waals surface area (Å²) in [6.45, 7) is 7.38. The Morgan fingerprint density at radius 1 is 0.885 bits per heavy atom. The molecule has 0 saturated carbocycles. The van der Waals surface area contributed by atoms with Gasteiger partial charge in [-0.3, -0.25) is 4.79 Å². The summed E-state index contributed by atoms with van der Waals surface area (Å²) < 4.78 is 15.9. The van der Waals surface area contributed by atoms with Gasteiger partial charge in [0.25, 0.3) is 0 Å². The standard InChI is InChI=1S/C21H24O5/c1-12-10-14(3)16(11-13(12)2)20(22)15(4)26-21(23)19-17(24-5)8-7-9-18(19)25-6/h7-11,15H,1-6H3/t15-/m0/s1. The van der Waals surface area contributed by atoms with Gasteiger partial charge in [-0.1, -0.05) is 12.1 Å². The minimum atomic E-state index is -0.932. The van der Waals surface area contributed by atoms with Gasteiger partial charge in [0.1, 0.15) is 17.1 Å². The molecule has 0 aromatic heterocycles. The van der Waals surface area contributed by atoms with Crippen LogP contribution in [0.3, 0.4) is 0 Å². The molecule has 0 bridgehead atoms. The van der Waals surface area contributed by atoms with Gasteiger partial charge in [0.05, 0.1) is 14.2 Å². The highest BCUT2D eigenvalue weighted by Crippen LogP contribution is 2.29. The van der Waals surface area contributed by atoms with Crippen LogP contribution < -0.4 is 9.47 Å². The Balaban J connectivity index is 2.28. The van der Waals surface area contributed by atoms with Crippen LogP contribution in [0.5, 0.6) is 11.5 Å². The zero-order valence-corrected chi connectivity index (χ0v) is 16.0. The Hall–Kier alpha value is -2.82. The number of ether oxygens (including phenoxy) is 3. The lowest BCUT2D eigenvalue weighted by molar-refractivity contribution is 0.0312. The zero-order valence-electron chi connectivity index (χ0n) is 16.0. The summed E-state index contributed by atoms with van der Waals surface area (Å²) in [6.07, 6.45) is -0.932. The Morgan fingerprint density at radius 2 is 1.42 bits per heavy atom. The van der Waals surface area contributed by atoms with E-state index in [-0.39, 0.29) is 11.3 Å². The normalized spacial score (nSPS) is 11.6. The van der Waals surface area contributed by atoms with Crippen LogP contribution >= 0.6 is 0 Å². The van der Waals surface area contributed by atoms with Crippen molar-refractivity contribution in [3.05, 3.63) is 58.1 Å². The topological polar surface area (TPSA) is 61.8 Å². The molecule has 0 aliphatic heterocycles. The van der Waals surface area contributed by atoms with Crippen molar-refractivity contribution in [2.75, 3.05) is 14.2 Å². The highest BCUT2D eigenvalue weighted by Gasteiger charge is 2.26. The quantitative estimate of drug-likeness (QED) is 0.577. The highest BCUT2D eigenvalue weighted by atomic mass is 16.6. The van der Waals surface area contributed by atoms with Gasteiger partial charge >= 0.3 is 5.97 Å². The molecule has 2 aromatic carbocycles. The van der Waals surface area contributed by atoms with E-state index in [1.165, 1.54) is 14.2 Å². The van der Waals surface area contributed by atoms with Crippen molar-refractivity contribution in [3.63, 3.8) is 0 Å². The number of ketones is 1. The summed E-state index contributed by atoms with van der Waals surface area (Å²) in [5.41, 5.74) is 3.71. The molecule has 0 heterocycles. The molecule has 0 unspecified atom stereocenters. The highest BCUT2D eigenvalue weighted by molar-refractivity contribution is 6.03. The molecule has 0 saturated heterocycles. The van der Waals surface area contributed by atoms with Crippen LogP contribution in [0.4, 0.5) is 0 Å². The maximum atomic E-state index is 12.8. The number of carbonyl (C=O) groups excluding carboxylic acids is 2. The third kappa shape index (κ3) is 3.87. The first kappa shape index (κ1) is 19.5. The smallest absolute Gasteiger partial charge is 0.346 e. The van der Waals surface area contributed by atoms with Crippen LogP contribution in [-0.4, -0.2) is 32.1 Å². The van der Waals surface area contributed by atoms with Gasteiger partial charge in [0.15, 0.2) is 6.10 Å². The molecule has 1 atom stereocenters. The van der Waals surface area contributed by atoms with Gasteiger partial charge < -0.3 is 14.2 Å². The molecule has 0 amide bonds. The van der Waals surface area contributed by atoms with E-state index in [9.17, 15) is 9.59 Å². The minimum absolute atomic E-state index is 0.161. The summed E-state index contributed by atoms with van der Waals surface area (Å²) >= 11 is 0. The lowest BCUT2D eigenvalue weighted by Crippen LogP contribution is -2.25. The van der Waals surface area contributed by atoms with Crippen LogP contribution in [0.1, 0.15) is 44.3 Å². The Kier molecular flexibility index (Phi) is 6.03. The van der Waals surface area contributed by atoms with E-state index in [2.05, 4.69) is 0 Å². The second-order valence-electron chi connectivity index (χ2n) is 6.20. The molecule has 0 radical (unpaired) electrons. The number of Topliss-reactive ketones (excluding diaryl/α,β-unsaturated/α-hetero) is 1. The summed E-state index contributed by atoms with van der Waals surface area (Å²) in [6, 6.07) is 8.78. The predicted molar refractivity (Wildman–Crippen MR) is 99.4 cm³/mol. The summed E-state index contributed by atoms with van der Waals surface area (Å²) in [4.78, 5) is 25.4. The first-order chi connectivity index (χ1) is 12.3. The number of rotatable bonds is 6. The second kappa shape index (κ2) is 8.04. The second-order valence-corrected chi connectivity index (χ2v) is 6.20. The molecule has 0 aliphatic rings. The third-order valence-electron chi connectivity index (χ3n) is 4.39. The maximum Gasteiger partial charge on any atom is 0.346 e. The third-order valence-corrected chi connectivity index (χ3v) is 4.39. The monoisotopic (exact) mass is 356 g/mol. The van der Waals surface area contributed by atoms with E-state index >= 15 is 0 Å². The van der Waals surface area contributed by atoms with Crippen LogP contribution in [0, 0.1) is 20.8 Å². The van der Waals surface area contributed by atoms with Crippen molar-refractivity contribution in [1.29, 1.82) is 0 Å². The maximum absolute atomic E-state index is 12.8. The number of hydrogen-bond donors (Lipinski definition) is 0. The molecule has 0 aliphatic carbocycles. The molecule has 5 nitrogen and oxygen atoms in total. The summed E-state index contributed by atoms with van der Waals surface area (Å²) in [5.74, 6) is -0.248. The van der Waals surface area contributed by atoms with E-state index in [4.69, 9.17) is 14.2 Å². The largest absolute Gasteiger partial charge is 0.496 e. The molecule has 138 valence electrons. The van der Waals surface area contributed by atoms with E-state index in [0.717, 1.165) is 16.7 Å². The number of esters is 1.